The molecule has 2 aromatic heterocycles. The molecule has 0 saturated carbocycles. The van der Waals surface area contributed by atoms with E-state index in [4.69, 9.17) is 23.2 Å². The van der Waals surface area contributed by atoms with Crippen molar-refractivity contribution in [1.29, 1.82) is 0 Å². The summed E-state index contributed by atoms with van der Waals surface area (Å²) in [6, 6.07) is 21.0. The van der Waals surface area contributed by atoms with Crippen molar-refractivity contribution in [2.24, 2.45) is 0 Å². The van der Waals surface area contributed by atoms with Crippen LogP contribution in [0.2, 0.25) is 10.0 Å². The zero-order valence-electron chi connectivity index (χ0n) is 15.2. The summed E-state index contributed by atoms with van der Waals surface area (Å²) in [5, 5.41) is 2.62. The first kappa shape index (κ1) is 18.0. The molecule has 1 N–H and O–H groups in total. The van der Waals surface area contributed by atoms with Gasteiger partial charge in [0.05, 0.1) is 21.4 Å². The lowest BCUT2D eigenvalue weighted by atomic mass is 10.1. The first-order valence-corrected chi connectivity index (χ1v) is 9.87. The molecule has 142 valence electrons. The number of aromatic amines is 1. The van der Waals surface area contributed by atoms with E-state index < -0.39 is 0 Å². The van der Waals surface area contributed by atoms with Gasteiger partial charge in [-0.1, -0.05) is 65.7 Å². The molecule has 3 aromatic carbocycles. The van der Waals surface area contributed by atoms with E-state index in [1.807, 2.05) is 42.6 Å². The predicted molar refractivity (Wildman–Crippen MR) is 119 cm³/mol. The lowest BCUT2D eigenvalue weighted by Crippen LogP contribution is -2.09. The normalized spacial score (nSPS) is 11.4. The number of rotatable bonds is 3. The van der Waals surface area contributed by atoms with E-state index in [9.17, 15) is 4.79 Å². The van der Waals surface area contributed by atoms with Crippen molar-refractivity contribution in [3.63, 3.8) is 0 Å². The van der Waals surface area contributed by atoms with Gasteiger partial charge in [0, 0.05) is 28.7 Å². The van der Waals surface area contributed by atoms with Crippen molar-refractivity contribution >= 4 is 45.0 Å². The Morgan fingerprint density at radius 2 is 1.76 bits per heavy atom. The second kappa shape index (κ2) is 7.07. The molecule has 4 nitrogen and oxygen atoms in total. The molecule has 0 fully saturated rings. The van der Waals surface area contributed by atoms with E-state index in [1.54, 1.807) is 18.2 Å². The minimum atomic E-state index is -0.201. The molecule has 29 heavy (non-hydrogen) atoms. The zero-order valence-corrected chi connectivity index (χ0v) is 16.7. The standard InChI is InChI=1S/C23H15Cl2N3O/c24-15-9-10-17-20(11-15)26-22(27-23(17)29)18-13-28(12-14-5-2-1-3-6-14)21-16(18)7-4-8-19(21)25/h1-11,13H,12H2,(H,26,27,29). The van der Waals surface area contributed by atoms with Crippen LogP contribution in [0.1, 0.15) is 5.56 Å². The topological polar surface area (TPSA) is 50.7 Å². The lowest BCUT2D eigenvalue weighted by molar-refractivity contribution is 0.837. The van der Waals surface area contributed by atoms with Crippen LogP contribution in [0.4, 0.5) is 0 Å². The van der Waals surface area contributed by atoms with E-state index in [2.05, 4.69) is 26.7 Å². The average molecular weight is 420 g/mol. The highest BCUT2D eigenvalue weighted by Crippen LogP contribution is 2.33. The maximum Gasteiger partial charge on any atom is 0.259 e. The van der Waals surface area contributed by atoms with E-state index in [-0.39, 0.29) is 5.56 Å². The summed E-state index contributed by atoms with van der Waals surface area (Å²) in [5.74, 6) is 0.490. The SMILES string of the molecule is O=c1[nH]c(-c2cn(Cc3ccccc3)c3c(Cl)cccc23)nc2cc(Cl)ccc12. The number of halogens is 2. The number of hydrogen-bond acceptors (Lipinski definition) is 2. The highest BCUT2D eigenvalue weighted by Gasteiger charge is 2.16. The maximum absolute atomic E-state index is 12.6. The van der Waals surface area contributed by atoms with Gasteiger partial charge in [0.2, 0.25) is 0 Å². The van der Waals surface area contributed by atoms with Crippen LogP contribution in [0.3, 0.4) is 0 Å². The maximum atomic E-state index is 12.6. The van der Waals surface area contributed by atoms with Crippen LogP contribution in [0, 0.1) is 0 Å². The van der Waals surface area contributed by atoms with Crippen LogP contribution in [0.25, 0.3) is 33.2 Å². The van der Waals surface area contributed by atoms with Gasteiger partial charge in [-0.15, -0.1) is 0 Å². The molecule has 0 aliphatic carbocycles. The van der Waals surface area contributed by atoms with Gasteiger partial charge in [-0.2, -0.15) is 0 Å². The molecule has 0 amide bonds. The molecule has 0 spiro atoms. The molecule has 0 atom stereocenters. The Bertz CT molecular complexity index is 1420. The van der Waals surface area contributed by atoms with Crippen LogP contribution in [-0.4, -0.2) is 14.5 Å². The number of para-hydroxylation sites is 1. The second-order valence-corrected chi connectivity index (χ2v) is 7.71. The van der Waals surface area contributed by atoms with Gasteiger partial charge in [-0.05, 0) is 29.8 Å². The van der Waals surface area contributed by atoms with Gasteiger partial charge in [0.25, 0.3) is 5.56 Å². The number of aromatic nitrogens is 3. The lowest BCUT2D eigenvalue weighted by Gasteiger charge is -2.06. The van der Waals surface area contributed by atoms with Gasteiger partial charge in [-0.3, -0.25) is 4.79 Å². The summed E-state index contributed by atoms with van der Waals surface area (Å²) < 4.78 is 2.09. The average Bonchev–Trinajstić information content (AvgIpc) is 3.08. The number of nitrogens with zero attached hydrogens (tertiary/aromatic N) is 2. The fourth-order valence-corrected chi connectivity index (χ4v) is 4.10. The highest BCUT2D eigenvalue weighted by atomic mass is 35.5. The van der Waals surface area contributed by atoms with Gasteiger partial charge >= 0.3 is 0 Å². The molecular weight excluding hydrogens is 405 g/mol. The summed E-state index contributed by atoms with van der Waals surface area (Å²) >= 11 is 12.7. The number of benzene rings is 3. The quantitative estimate of drug-likeness (QED) is 0.395. The highest BCUT2D eigenvalue weighted by molar-refractivity contribution is 6.35. The van der Waals surface area contributed by atoms with Crippen LogP contribution >= 0.6 is 23.2 Å². The van der Waals surface area contributed by atoms with Gasteiger partial charge < -0.3 is 9.55 Å². The fraction of sp³-hybridized carbons (Fsp3) is 0.0435. The first-order valence-electron chi connectivity index (χ1n) is 9.11. The van der Waals surface area contributed by atoms with Crippen molar-refractivity contribution in [1.82, 2.24) is 14.5 Å². The third kappa shape index (κ3) is 3.20. The fourth-order valence-electron chi connectivity index (χ4n) is 3.65. The molecule has 2 heterocycles. The van der Waals surface area contributed by atoms with Crippen LogP contribution < -0.4 is 5.56 Å². The van der Waals surface area contributed by atoms with Crippen molar-refractivity contribution in [3.8, 4) is 11.4 Å². The second-order valence-electron chi connectivity index (χ2n) is 6.87. The number of hydrogen-bond donors (Lipinski definition) is 1. The molecule has 0 aliphatic heterocycles. The molecule has 0 bridgehead atoms. The summed E-state index contributed by atoms with van der Waals surface area (Å²) in [6.07, 6.45) is 1.98. The molecular formula is C23H15Cl2N3O. The number of fused-ring (bicyclic) bond motifs is 2. The van der Waals surface area contributed by atoms with Gasteiger partial charge in [0.15, 0.2) is 0 Å². The molecule has 0 saturated heterocycles. The minimum absolute atomic E-state index is 0.201. The Balaban J connectivity index is 1.75. The van der Waals surface area contributed by atoms with Crippen molar-refractivity contribution in [2.45, 2.75) is 6.54 Å². The van der Waals surface area contributed by atoms with Crippen molar-refractivity contribution in [2.75, 3.05) is 0 Å². The molecule has 0 unspecified atom stereocenters. The van der Waals surface area contributed by atoms with Crippen molar-refractivity contribution in [3.05, 3.63) is 98.9 Å². The third-order valence-corrected chi connectivity index (χ3v) is 5.51. The Morgan fingerprint density at radius 3 is 2.59 bits per heavy atom. The predicted octanol–water partition coefficient (Wildman–Crippen LogP) is 5.90. The summed E-state index contributed by atoms with van der Waals surface area (Å²) in [4.78, 5) is 20.2. The van der Waals surface area contributed by atoms with E-state index >= 15 is 0 Å². The van der Waals surface area contributed by atoms with E-state index in [0.717, 1.165) is 22.0 Å². The van der Waals surface area contributed by atoms with E-state index in [1.165, 1.54) is 0 Å². The zero-order chi connectivity index (χ0) is 20.0. The summed E-state index contributed by atoms with van der Waals surface area (Å²) in [5.41, 5.74) is 3.23. The molecule has 5 rings (SSSR count). The Hall–Kier alpha value is -3.08. The summed E-state index contributed by atoms with van der Waals surface area (Å²) in [7, 11) is 0. The van der Waals surface area contributed by atoms with Crippen molar-refractivity contribution < 1.29 is 0 Å². The molecule has 0 radical (unpaired) electrons. The largest absolute Gasteiger partial charge is 0.341 e. The Morgan fingerprint density at radius 1 is 0.931 bits per heavy atom. The minimum Gasteiger partial charge on any atom is -0.341 e. The van der Waals surface area contributed by atoms with Crippen LogP contribution in [0.15, 0.2) is 77.7 Å². The van der Waals surface area contributed by atoms with Gasteiger partial charge in [-0.25, -0.2) is 4.98 Å². The third-order valence-electron chi connectivity index (χ3n) is 4.97. The Kier molecular flexibility index (Phi) is 4.38. The molecule has 0 aliphatic rings. The first-order chi connectivity index (χ1) is 14.1. The number of H-pyrrole nitrogens is 1. The van der Waals surface area contributed by atoms with Crippen LogP contribution in [-0.2, 0) is 6.54 Å². The summed E-state index contributed by atoms with van der Waals surface area (Å²) in [6.45, 7) is 0.657. The Labute approximate surface area is 176 Å². The molecule has 6 heteroatoms. The van der Waals surface area contributed by atoms with Crippen LogP contribution in [0.5, 0.6) is 0 Å². The smallest absolute Gasteiger partial charge is 0.259 e. The van der Waals surface area contributed by atoms with Gasteiger partial charge in [0.1, 0.15) is 5.82 Å². The van der Waals surface area contributed by atoms with E-state index in [0.29, 0.717) is 33.3 Å². The molecule has 5 aromatic rings. The monoisotopic (exact) mass is 419 g/mol. The number of nitrogens with one attached hydrogen (secondary N) is 1.